The van der Waals surface area contributed by atoms with Crippen molar-refractivity contribution in [2.75, 3.05) is 0 Å². The number of carbonyl (C=O) groups is 3. The fourth-order valence-corrected chi connectivity index (χ4v) is 1.12. The molecule has 16 heavy (non-hydrogen) atoms. The molecule has 0 aliphatic rings. The maximum Gasteiger partial charge on any atom is 0.326 e. The van der Waals surface area contributed by atoms with Gasteiger partial charge in [-0.15, -0.1) is 0 Å². The van der Waals surface area contributed by atoms with Crippen LogP contribution >= 0.6 is 0 Å². The highest BCUT2D eigenvalue weighted by molar-refractivity contribution is 5.89. The van der Waals surface area contributed by atoms with Crippen LogP contribution in [0.4, 0.5) is 0 Å². The number of carboxylic acid groups (broad SMARTS) is 1. The van der Waals surface area contributed by atoms with Crippen LogP contribution in [0.15, 0.2) is 0 Å². The van der Waals surface area contributed by atoms with E-state index < -0.39 is 36.3 Å². The smallest absolute Gasteiger partial charge is 0.326 e. The molecular formula is C9H17N3O4. The molecule has 0 radical (unpaired) electrons. The number of aliphatic carboxylic acids is 1. The number of rotatable bonds is 7. The first kappa shape index (κ1) is 14.4. The Morgan fingerprint density at radius 2 is 1.94 bits per heavy atom. The van der Waals surface area contributed by atoms with Crippen LogP contribution in [0.3, 0.4) is 0 Å². The topological polar surface area (TPSA) is 136 Å². The third-order valence-electron chi connectivity index (χ3n) is 1.96. The molecule has 7 nitrogen and oxygen atoms in total. The van der Waals surface area contributed by atoms with E-state index in [0.29, 0.717) is 12.8 Å². The average molecular weight is 231 g/mol. The molecule has 2 atom stereocenters. The molecule has 92 valence electrons. The fourth-order valence-electron chi connectivity index (χ4n) is 1.12. The van der Waals surface area contributed by atoms with Gasteiger partial charge in [-0.2, -0.15) is 0 Å². The van der Waals surface area contributed by atoms with Crippen LogP contribution in [0.2, 0.25) is 0 Å². The zero-order chi connectivity index (χ0) is 12.7. The van der Waals surface area contributed by atoms with Crippen molar-refractivity contribution in [2.45, 2.75) is 38.3 Å². The highest BCUT2D eigenvalue weighted by Crippen LogP contribution is 1.97. The van der Waals surface area contributed by atoms with Crippen LogP contribution in [0.5, 0.6) is 0 Å². The van der Waals surface area contributed by atoms with E-state index in [2.05, 4.69) is 5.32 Å². The lowest BCUT2D eigenvalue weighted by Crippen LogP contribution is -2.49. The molecule has 7 heteroatoms. The Bertz CT molecular complexity index is 280. The lowest BCUT2D eigenvalue weighted by molar-refractivity contribution is -0.143. The van der Waals surface area contributed by atoms with Gasteiger partial charge in [0.25, 0.3) is 0 Å². The number of hydrogen-bond donors (Lipinski definition) is 4. The SMILES string of the molecule is CCCC(N)C(=O)N[C@@H](CC(N)=O)C(=O)O. The van der Waals surface area contributed by atoms with Crippen LogP contribution in [0, 0.1) is 0 Å². The predicted molar refractivity (Wildman–Crippen MR) is 56.3 cm³/mol. The van der Waals surface area contributed by atoms with E-state index in [1.807, 2.05) is 6.92 Å². The zero-order valence-corrected chi connectivity index (χ0v) is 9.10. The third-order valence-corrected chi connectivity index (χ3v) is 1.96. The summed E-state index contributed by atoms with van der Waals surface area (Å²) in [5.41, 5.74) is 10.3. The number of primary amides is 1. The van der Waals surface area contributed by atoms with Gasteiger partial charge in [-0.05, 0) is 6.42 Å². The van der Waals surface area contributed by atoms with E-state index >= 15 is 0 Å². The summed E-state index contributed by atoms with van der Waals surface area (Å²) in [5, 5.41) is 10.9. The molecule has 0 saturated carbocycles. The Kier molecular flexibility index (Phi) is 6.09. The van der Waals surface area contributed by atoms with Gasteiger partial charge < -0.3 is 21.9 Å². The summed E-state index contributed by atoms with van der Waals surface area (Å²) in [6.45, 7) is 1.85. The number of nitrogens with two attached hydrogens (primary N) is 2. The Labute approximate surface area is 93.2 Å². The highest BCUT2D eigenvalue weighted by Gasteiger charge is 2.24. The minimum absolute atomic E-state index is 0.445. The molecule has 0 saturated heterocycles. The minimum atomic E-state index is -1.31. The Hall–Kier alpha value is -1.63. The summed E-state index contributed by atoms with van der Waals surface area (Å²) in [4.78, 5) is 32.6. The van der Waals surface area contributed by atoms with Crippen molar-refractivity contribution in [3.05, 3.63) is 0 Å². The summed E-state index contributed by atoms with van der Waals surface area (Å²) in [6, 6.07) is -2.08. The molecule has 0 fully saturated rings. The van der Waals surface area contributed by atoms with Crippen molar-refractivity contribution >= 4 is 17.8 Å². The molecule has 0 bridgehead atoms. The lowest BCUT2D eigenvalue weighted by Gasteiger charge is -2.16. The molecule has 0 heterocycles. The lowest BCUT2D eigenvalue weighted by atomic mass is 10.1. The van der Waals surface area contributed by atoms with Gasteiger partial charge in [0.15, 0.2) is 0 Å². The Balaban J connectivity index is 4.34. The van der Waals surface area contributed by atoms with E-state index in [0.717, 1.165) is 0 Å². The zero-order valence-electron chi connectivity index (χ0n) is 9.10. The maximum atomic E-state index is 11.4. The molecule has 1 unspecified atom stereocenters. The first-order valence-corrected chi connectivity index (χ1v) is 4.95. The molecule has 6 N–H and O–H groups in total. The summed E-state index contributed by atoms with van der Waals surface area (Å²) in [7, 11) is 0. The normalized spacial score (nSPS) is 13.9. The molecule has 0 aliphatic heterocycles. The highest BCUT2D eigenvalue weighted by atomic mass is 16.4. The van der Waals surface area contributed by atoms with E-state index in [1.165, 1.54) is 0 Å². The van der Waals surface area contributed by atoms with E-state index in [4.69, 9.17) is 16.6 Å². The number of amides is 2. The Morgan fingerprint density at radius 1 is 1.38 bits per heavy atom. The van der Waals surface area contributed by atoms with Crippen molar-refractivity contribution < 1.29 is 19.5 Å². The van der Waals surface area contributed by atoms with Crippen molar-refractivity contribution in [2.24, 2.45) is 11.5 Å². The van der Waals surface area contributed by atoms with E-state index in [1.54, 1.807) is 0 Å². The molecular weight excluding hydrogens is 214 g/mol. The van der Waals surface area contributed by atoms with Crippen molar-refractivity contribution in [3.8, 4) is 0 Å². The van der Waals surface area contributed by atoms with Crippen molar-refractivity contribution in [1.29, 1.82) is 0 Å². The molecule has 2 amide bonds. The van der Waals surface area contributed by atoms with Gasteiger partial charge in [0.05, 0.1) is 12.5 Å². The number of hydrogen-bond acceptors (Lipinski definition) is 4. The standard InChI is InChI=1S/C9H17N3O4/c1-2-3-5(10)8(14)12-6(9(15)16)4-7(11)13/h5-6H,2-4,10H2,1H3,(H2,11,13)(H,12,14)(H,15,16)/t5?,6-/m0/s1. The monoisotopic (exact) mass is 231 g/mol. The Morgan fingerprint density at radius 3 is 2.31 bits per heavy atom. The largest absolute Gasteiger partial charge is 0.480 e. The summed E-state index contributed by atoms with van der Waals surface area (Å²) >= 11 is 0. The summed E-state index contributed by atoms with van der Waals surface area (Å²) < 4.78 is 0. The van der Waals surface area contributed by atoms with Gasteiger partial charge in [0.1, 0.15) is 6.04 Å². The molecule has 0 aromatic carbocycles. The average Bonchev–Trinajstić information content (AvgIpc) is 2.16. The second-order valence-electron chi connectivity index (χ2n) is 3.47. The first-order chi connectivity index (χ1) is 7.38. The molecule has 0 aromatic heterocycles. The van der Waals surface area contributed by atoms with Gasteiger partial charge in [-0.1, -0.05) is 13.3 Å². The van der Waals surface area contributed by atoms with Crippen molar-refractivity contribution in [3.63, 3.8) is 0 Å². The van der Waals surface area contributed by atoms with Crippen LogP contribution in [-0.4, -0.2) is 35.0 Å². The second-order valence-corrected chi connectivity index (χ2v) is 3.47. The van der Waals surface area contributed by atoms with Crippen LogP contribution < -0.4 is 16.8 Å². The quantitative estimate of drug-likeness (QED) is 0.425. The van der Waals surface area contributed by atoms with Crippen LogP contribution in [0.1, 0.15) is 26.2 Å². The molecule has 0 rings (SSSR count). The first-order valence-electron chi connectivity index (χ1n) is 4.95. The van der Waals surface area contributed by atoms with Gasteiger partial charge >= 0.3 is 5.97 Å². The fraction of sp³-hybridized carbons (Fsp3) is 0.667. The maximum absolute atomic E-state index is 11.4. The third kappa shape index (κ3) is 5.30. The van der Waals surface area contributed by atoms with Gasteiger partial charge in [0, 0.05) is 0 Å². The minimum Gasteiger partial charge on any atom is -0.480 e. The molecule has 0 aliphatic carbocycles. The number of carbonyl (C=O) groups excluding carboxylic acids is 2. The van der Waals surface area contributed by atoms with Gasteiger partial charge in [-0.3, -0.25) is 9.59 Å². The van der Waals surface area contributed by atoms with E-state index in [9.17, 15) is 14.4 Å². The van der Waals surface area contributed by atoms with Crippen molar-refractivity contribution in [1.82, 2.24) is 5.32 Å². The number of nitrogens with one attached hydrogen (secondary N) is 1. The van der Waals surface area contributed by atoms with Gasteiger partial charge in [-0.25, -0.2) is 4.79 Å². The second kappa shape index (κ2) is 6.78. The predicted octanol–water partition coefficient (Wildman–Crippen LogP) is -1.44. The van der Waals surface area contributed by atoms with Gasteiger partial charge in [0.2, 0.25) is 11.8 Å². The molecule has 0 spiro atoms. The van der Waals surface area contributed by atoms with Crippen LogP contribution in [0.25, 0.3) is 0 Å². The summed E-state index contributed by atoms with van der Waals surface area (Å²) in [5.74, 6) is -2.69. The molecule has 0 aromatic rings. The van der Waals surface area contributed by atoms with E-state index in [-0.39, 0.29) is 0 Å². The number of carboxylic acids is 1. The summed E-state index contributed by atoms with van der Waals surface area (Å²) in [6.07, 6.45) is 0.719. The van der Waals surface area contributed by atoms with Crippen LogP contribution in [-0.2, 0) is 14.4 Å².